The first-order valence-electron chi connectivity index (χ1n) is 7.12. The fourth-order valence-corrected chi connectivity index (χ4v) is 2.91. The Bertz CT molecular complexity index is 512. The number of aryl methyl sites for hydroxylation is 1. The summed E-state index contributed by atoms with van der Waals surface area (Å²) in [6.07, 6.45) is 5.30. The number of fused-ring (bicyclic) bond motifs is 1. The normalized spacial score (nSPS) is 16.4. The molecule has 1 nitrogen and oxygen atoms in total. The average Bonchev–Trinajstić information content (AvgIpc) is 2.92. The predicted octanol–water partition coefficient (Wildman–Crippen LogP) is 3.87. The van der Waals surface area contributed by atoms with Crippen LogP contribution in [0.3, 0.4) is 0 Å². The minimum atomic E-state index is 1.21. The van der Waals surface area contributed by atoms with Gasteiger partial charge in [0.25, 0.3) is 0 Å². The molecule has 2 aromatic rings. The third-order valence-electron chi connectivity index (χ3n) is 3.95. The zero-order chi connectivity index (χ0) is 12.2. The molecular formula is C17H21N. The van der Waals surface area contributed by atoms with E-state index >= 15 is 0 Å². The van der Waals surface area contributed by atoms with E-state index in [1.54, 1.807) is 0 Å². The van der Waals surface area contributed by atoms with E-state index in [4.69, 9.17) is 0 Å². The molecule has 0 atom stereocenters. The van der Waals surface area contributed by atoms with Crippen LogP contribution >= 0.6 is 0 Å². The summed E-state index contributed by atoms with van der Waals surface area (Å²) in [6.45, 7) is 3.91. The standard InChI is InChI=1S/C17H21N/c1-2-8-17-14-15(9-10-16(17)7-1)6-5-13-18-11-3-4-12-18/h1-2,7-10,14H,3-6,11-13H2. The maximum absolute atomic E-state index is 2.60. The van der Waals surface area contributed by atoms with Gasteiger partial charge in [0, 0.05) is 0 Å². The van der Waals surface area contributed by atoms with Gasteiger partial charge in [0.15, 0.2) is 0 Å². The highest BCUT2D eigenvalue weighted by molar-refractivity contribution is 5.82. The Morgan fingerprint density at radius 3 is 2.50 bits per heavy atom. The van der Waals surface area contributed by atoms with Crippen LogP contribution in [0.4, 0.5) is 0 Å². The number of hydrogen-bond acceptors (Lipinski definition) is 1. The van der Waals surface area contributed by atoms with Gasteiger partial charge in [0.05, 0.1) is 0 Å². The van der Waals surface area contributed by atoms with Gasteiger partial charge < -0.3 is 4.90 Å². The molecular weight excluding hydrogens is 218 g/mol. The maximum Gasteiger partial charge on any atom is -0.00156 e. The summed E-state index contributed by atoms with van der Waals surface area (Å²) in [4.78, 5) is 2.60. The highest BCUT2D eigenvalue weighted by Gasteiger charge is 2.10. The molecule has 1 fully saturated rings. The van der Waals surface area contributed by atoms with Gasteiger partial charge in [-0.25, -0.2) is 0 Å². The summed E-state index contributed by atoms with van der Waals surface area (Å²) < 4.78 is 0. The number of likely N-dealkylation sites (tertiary alicyclic amines) is 1. The first-order chi connectivity index (χ1) is 8.92. The molecule has 1 heterocycles. The molecule has 0 saturated carbocycles. The van der Waals surface area contributed by atoms with Crippen molar-refractivity contribution in [3.8, 4) is 0 Å². The van der Waals surface area contributed by atoms with E-state index in [0.29, 0.717) is 0 Å². The van der Waals surface area contributed by atoms with Crippen LogP contribution < -0.4 is 0 Å². The second-order valence-corrected chi connectivity index (χ2v) is 5.33. The van der Waals surface area contributed by atoms with Crippen molar-refractivity contribution in [2.24, 2.45) is 0 Å². The molecule has 0 aliphatic carbocycles. The Balaban J connectivity index is 1.60. The molecule has 0 unspecified atom stereocenters. The molecule has 18 heavy (non-hydrogen) atoms. The summed E-state index contributed by atoms with van der Waals surface area (Å²) in [7, 11) is 0. The Hall–Kier alpha value is -1.34. The molecule has 1 aliphatic rings. The van der Waals surface area contributed by atoms with Crippen LogP contribution in [0.5, 0.6) is 0 Å². The van der Waals surface area contributed by atoms with Crippen molar-refractivity contribution >= 4 is 10.8 Å². The average molecular weight is 239 g/mol. The van der Waals surface area contributed by atoms with E-state index in [0.717, 1.165) is 0 Å². The van der Waals surface area contributed by atoms with Gasteiger partial charge in [0.2, 0.25) is 0 Å². The number of nitrogens with zero attached hydrogens (tertiary/aromatic N) is 1. The van der Waals surface area contributed by atoms with E-state index < -0.39 is 0 Å². The molecule has 3 rings (SSSR count). The topological polar surface area (TPSA) is 3.24 Å². The maximum atomic E-state index is 2.60. The van der Waals surface area contributed by atoms with Crippen LogP contribution in [0, 0.1) is 0 Å². The van der Waals surface area contributed by atoms with Crippen molar-refractivity contribution in [2.45, 2.75) is 25.7 Å². The van der Waals surface area contributed by atoms with Crippen molar-refractivity contribution in [3.05, 3.63) is 48.0 Å². The zero-order valence-corrected chi connectivity index (χ0v) is 10.9. The number of rotatable bonds is 4. The highest BCUT2D eigenvalue weighted by atomic mass is 15.1. The second kappa shape index (κ2) is 5.53. The lowest BCUT2D eigenvalue weighted by Gasteiger charge is -2.14. The van der Waals surface area contributed by atoms with Crippen LogP contribution in [0.1, 0.15) is 24.8 Å². The first kappa shape index (κ1) is 11.7. The smallest absolute Gasteiger partial charge is 0.00156 e. The fraction of sp³-hybridized carbons (Fsp3) is 0.412. The van der Waals surface area contributed by atoms with Crippen molar-refractivity contribution in [1.29, 1.82) is 0 Å². The molecule has 0 aromatic heterocycles. The Morgan fingerprint density at radius 1 is 0.889 bits per heavy atom. The highest BCUT2D eigenvalue weighted by Crippen LogP contribution is 2.17. The predicted molar refractivity (Wildman–Crippen MR) is 77.9 cm³/mol. The largest absolute Gasteiger partial charge is 0.303 e. The van der Waals surface area contributed by atoms with Gasteiger partial charge >= 0.3 is 0 Å². The molecule has 0 bridgehead atoms. The van der Waals surface area contributed by atoms with Crippen LogP contribution in [0.2, 0.25) is 0 Å². The zero-order valence-electron chi connectivity index (χ0n) is 10.9. The fourth-order valence-electron chi connectivity index (χ4n) is 2.91. The van der Waals surface area contributed by atoms with E-state index in [9.17, 15) is 0 Å². The van der Waals surface area contributed by atoms with Gasteiger partial charge in [-0.2, -0.15) is 0 Å². The van der Waals surface area contributed by atoms with Crippen LogP contribution in [-0.4, -0.2) is 24.5 Å². The number of hydrogen-bond donors (Lipinski definition) is 0. The van der Waals surface area contributed by atoms with Crippen molar-refractivity contribution in [1.82, 2.24) is 4.90 Å². The molecule has 1 aliphatic heterocycles. The Labute approximate surface area is 109 Å². The van der Waals surface area contributed by atoms with Gasteiger partial charge in [-0.1, -0.05) is 42.5 Å². The SMILES string of the molecule is c1ccc2cc(CCCN3CCCC3)ccc2c1. The first-order valence-corrected chi connectivity index (χ1v) is 7.12. The third-order valence-corrected chi connectivity index (χ3v) is 3.95. The molecule has 0 amide bonds. The molecule has 1 saturated heterocycles. The minimum Gasteiger partial charge on any atom is -0.303 e. The molecule has 1 heteroatoms. The summed E-state index contributed by atoms with van der Waals surface area (Å²) in [6, 6.07) is 15.5. The molecule has 0 spiro atoms. The van der Waals surface area contributed by atoms with Gasteiger partial charge in [-0.15, -0.1) is 0 Å². The Morgan fingerprint density at radius 2 is 1.67 bits per heavy atom. The van der Waals surface area contributed by atoms with Crippen LogP contribution in [-0.2, 0) is 6.42 Å². The lowest BCUT2D eigenvalue weighted by Crippen LogP contribution is -2.20. The lowest BCUT2D eigenvalue weighted by molar-refractivity contribution is 0.334. The minimum absolute atomic E-state index is 1.21. The Kier molecular flexibility index (Phi) is 3.61. The summed E-state index contributed by atoms with van der Waals surface area (Å²) in [5, 5.41) is 2.72. The molecule has 0 radical (unpaired) electrons. The summed E-state index contributed by atoms with van der Waals surface area (Å²) in [5.41, 5.74) is 1.48. The van der Waals surface area contributed by atoms with E-state index in [1.807, 2.05) is 0 Å². The van der Waals surface area contributed by atoms with Gasteiger partial charge in [-0.3, -0.25) is 0 Å². The van der Waals surface area contributed by atoms with Crippen molar-refractivity contribution in [3.63, 3.8) is 0 Å². The van der Waals surface area contributed by atoms with E-state index in [2.05, 4.69) is 47.4 Å². The quantitative estimate of drug-likeness (QED) is 0.783. The van der Waals surface area contributed by atoms with E-state index in [-0.39, 0.29) is 0 Å². The monoisotopic (exact) mass is 239 g/mol. The van der Waals surface area contributed by atoms with Gasteiger partial charge in [0.1, 0.15) is 0 Å². The second-order valence-electron chi connectivity index (χ2n) is 5.33. The third kappa shape index (κ3) is 2.73. The van der Waals surface area contributed by atoms with Crippen LogP contribution in [0.25, 0.3) is 10.8 Å². The summed E-state index contributed by atoms with van der Waals surface area (Å²) in [5.74, 6) is 0. The van der Waals surface area contributed by atoms with Crippen LogP contribution in [0.15, 0.2) is 42.5 Å². The molecule has 2 aromatic carbocycles. The van der Waals surface area contributed by atoms with Crippen molar-refractivity contribution < 1.29 is 0 Å². The van der Waals surface area contributed by atoms with E-state index in [1.165, 1.54) is 61.7 Å². The van der Waals surface area contributed by atoms with Gasteiger partial charge in [-0.05, 0) is 61.7 Å². The number of benzene rings is 2. The van der Waals surface area contributed by atoms with Crippen molar-refractivity contribution in [2.75, 3.05) is 19.6 Å². The molecule has 0 N–H and O–H groups in total. The summed E-state index contributed by atoms with van der Waals surface area (Å²) >= 11 is 0. The molecule has 94 valence electrons. The lowest BCUT2D eigenvalue weighted by atomic mass is 10.0.